The number of benzene rings is 2. The molecule has 9 heteroatoms. The van der Waals surface area contributed by atoms with E-state index in [-0.39, 0.29) is 12.3 Å². The molecule has 1 aliphatic heterocycles. The second kappa shape index (κ2) is 10.4. The lowest BCUT2D eigenvalue weighted by atomic mass is 9.91. The van der Waals surface area contributed by atoms with Gasteiger partial charge in [0, 0.05) is 9.49 Å². The minimum absolute atomic E-state index is 0.239. The van der Waals surface area contributed by atoms with Crippen molar-refractivity contribution in [2.75, 3.05) is 0 Å². The van der Waals surface area contributed by atoms with Crippen molar-refractivity contribution in [1.29, 1.82) is 0 Å². The van der Waals surface area contributed by atoms with Crippen LogP contribution in [0.3, 0.4) is 0 Å². The molecule has 188 valence electrons. The van der Waals surface area contributed by atoms with Crippen LogP contribution in [-0.2, 0) is 14.3 Å². The number of carbonyl (C=O) groups is 3. The Labute approximate surface area is 224 Å². The maximum Gasteiger partial charge on any atom is 0.325 e. The van der Waals surface area contributed by atoms with E-state index in [0.29, 0.717) is 5.82 Å². The largest absolute Gasteiger partial charge is 0.460 e. The van der Waals surface area contributed by atoms with E-state index in [1.807, 2.05) is 61.5 Å². The van der Waals surface area contributed by atoms with E-state index in [1.54, 1.807) is 27.0 Å². The van der Waals surface area contributed by atoms with Crippen LogP contribution < -0.4 is 5.32 Å². The molecule has 0 saturated carbocycles. The summed E-state index contributed by atoms with van der Waals surface area (Å²) in [5.41, 5.74) is 1.99. The number of halogens is 1. The van der Waals surface area contributed by atoms with Gasteiger partial charge in [0.2, 0.25) is 0 Å². The van der Waals surface area contributed by atoms with E-state index in [0.717, 1.165) is 20.4 Å². The molecule has 1 aliphatic rings. The number of nitrogens with zero attached hydrogens (tertiary/aromatic N) is 2. The quantitative estimate of drug-likeness (QED) is 0.221. The van der Waals surface area contributed by atoms with E-state index in [2.05, 4.69) is 37.9 Å². The molecule has 0 radical (unpaired) electrons. The van der Waals surface area contributed by atoms with Crippen LogP contribution in [0.1, 0.15) is 57.5 Å². The molecule has 2 N–H and O–H groups in total. The number of aromatic nitrogens is 2. The maximum atomic E-state index is 13.5. The molecule has 0 aliphatic carbocycles. The number of ether oxygens (including phenoxy) is 1. The number of imidazole rings is 1. The zero-order valence-electron chi connectivity index (χ0n) is 20.6. The third-order valence-electron chi connectivity index (χ3n) is 5.95. The van der Waals surface area contributed by atoms with E-state index < -0.39 is 35.6 Å². The number of carbonyl (C=O) groups excluding carboxylic acids is 3. The van der Waals surface area contributed by atoms with Gasteiger partial charge in [-0.25, -0.2) is 9.78 Å². The molecule has 1 aromatic heterocycles. The number of amides is 3. The molecule has 0 unspecified atom stereocenters. The van der Waals surface area contributed by atoms with Gasteiger partial charge in [0.05, 0.1) is 18.3 Å². The summed E-state index contributed by atoms with van der Waals surface area (Å²) < 4.78 is 6.47. The fraction of sp³-hybridized carbons (Fsp3) is 0.333. The fourth-order valence-electron chi connectivity index (χ4n) is 4.28. The molecule has 3 aromatic rings. The molecular weight excluding hydrogens is 571 g/mol. The number of hydrogen-bond acceptors (Lipinski definition) is 5. The molecule has 0 bridgehead atoms. The number of hydrogen-bond donors (Lipinski definition) is 2. The first-order valence-electron chi connectivity index (χ1n) is 11.7. The Morgan fingerprint density at radius 2 is 1.78 bits per heavy atom. The monoisotopic (exact) mass is 600 g/mol. The van der Waals surface area contributed by atoms with Crippen LogP contribution in [0.4, 0.5) is 4.79 Å². The first-order valence-corrected chi connectivity index (χ1v) is 12.8. The third-order valence-corrected chi connectivity index (χ3v) is 6.67. The summed E-state index contributed by atoms with van der Waals surface area (Å²) in [5, 5.41) is 2.67. The van der Waals surface area contributed by atoms with Gasteiger partial charge in [-0.1, -0.05) is 49.4 Å². The summed E-state index contributed by atoms with van der Waals surface area (Å²) in [6, 6.07) is 15.4. The summed E-state index contributed by atoms with van der Waals surface area (Å²) >= 11 is 2.25. The highest BCUT2D eigenvalue weighted by atomic mass is 127. The van der Waals surface area contributed by atoms with Crippen LogP contribution in [0.15, 0.2) is 60.8 Å². The Morgan fingerprint density at radius 1 is 1.11 bits per heavy atom. The van der Waals surface area contributed by atoms with Crippen molar-refractivity contribution < 1.29 is 19.1 Å². The van der Waals surface area contributed by atoms with E-state index >= 15 is 0 Å². The molecule has 4 rings (SSSR count). The molecule has 1 fully saturated rings. The standard InChI is InChI=1S/C27H29IN4O4/c1-16(17-8-6-5-7-9-17)23(24-29-15-21(30-24)18-10-12-19(28)13-11-18)32-25(34)20(31-26(32)35)14-22(33)36-27(2,3)4/h5-13,15-16,20,23H,14H2,1-4H3,(H,29,30)(H,31,35)/t16-,20-,23+/m1/s1. The van der Waals surface area contributed by atoms with Crippen LogP contribution >= 0.6 is 22.6 Å². The minimum atomic E-state index is -0.997. The van der Waals surface area contributed by atoms with Gasteiger partial charge in [-0.3, -0.25) is 14.5 Å². The van der Waals surface area contributed by atoms with Crippen LogP contribution in [-0.4, -0.2) is 44.4 Å². The van der Waals surface area contributed by atoms with Crippen molar-refractivity contribution in [3.63, 3.8) is 0 Å². The molecule has 0 spiro atoms. The van der Waals surface area contributed by atoms with Gasteiger partial charge in [0.1, 0.15) is 23.5 Å². The smallest absolute Gasteiger partial charge is 0.325 e. The first kappa shape index (κ1) is 25.9. The zero-order chi connectivity index (χ0) is 26.0. The maximum absolute atomic E-state index is 13.5. The number of H-pyrrole nitrogens is 1. The Balaban J connectivity index is 1.67. The van der Waals surface area contributed by atoms with Gasteiger partial charge in [-0.05, 0) is 66.6 Å². The summed E-state index contributed by atoms with van der Waals surface area (Å²) in [4.78, 5) is 48.1. The predicted molar refractivity (Wildman–Crippen MR) is 144 cm³/mol. The SMILES string of the molecule is C[C@H](c1ccccc1)[C@@H](c1ncc(-c2ccc(I)cc2)[nH]1)N1C(=O)N[C@H](CC(=O)OC(C)(C)C)C1=O. The predicted octanol–water partition coefficient (Wildman–Crippen LogP) is 5.18. The number of urea groups is 1. The van der Waals surface area contributed by atoms with Gasteiger partial charge >= 0.3 is 12.0 Å². The molecule has 3 amide bonds. The molecule has 36 heavy (non-hydrogen) atoms. The van der Waals surface area contributed by atoms with Gasteiger partial charge in [-0.15, -0.1) is 0 Å². The van der Waals surface area contributed by atoms with E-state index in [9.17, 15) is 14.4 Å². The molecular formula is C27H29IN4O4. The van der Waals surface area contributed by atoms with Crippen LogP contribution in [0.25, 0.3) is 11.3 Å². The van der Waals surface area contributed by atoms with E-state index in [4.69, 9.17) is 4.74 Å². The first-order chi connectivity index (χ1) is 17.0. The number of esters is 1. The molecule has 2 aromatic carbocycles. The number of nitrogens with one attached hydrogen (secondary N) is 2. The minimum Gasteiger partial charge on any atom is -0.460 e. The second-order valence-electron chi connectivity index (χ2n) is 9.83. The normalized spacial score (nSPS) is 17.6. The lowest BCUT2D eigenvalue weighted by molar-refractivity contribution is -0.156. The number of imide groups is 1. The van der Waals surface area contributed by atoms with Crippen LogP contribution in [0.5, 0.6) is 0 Å². The van der Waals surface area contributed by atoms with Crippen molar-refractivity contribution >= 4 is 40.5 Å². The van der Waals surface area contributed by atoms with Gasteiger partial charge in [0.25, 0.3) is 5.91 Å². The molecule has 2 heterocycles. The summed E-state index contributed by atoms with van der Waals surface area (Å²) in [6.45, 7) is 7.22. The van der Waals surface area contributed by atoms with Crippen LogP contribution in [0, 0.1) is 3.57 Å². The number of rotatable bonds is 7. The van der Waals surface area contributed by atoms with Gasteiger partial charge in [-0.2, -0.15) is 0 Å². The summed E-state index contributed by atoms with van der Waals surface area (Å²) in [7, 11) is 0. The lowest BCUT2D eigenvalue weighted by Crippen LogP contribution is -2.39. The molecule has 8 nitrogen and oxygen atoms in total. The third kappa shape index (κ3) is 5.77. The van der Waals surface area contributed by atoms with Crippen molar-refractivity contribution in [2.45, 2.75) is 57.7 Å². The molecule has 1 saturated heterocycles. The second-order valence-corrected chi connectivity index (χ2v) is 11.1. The zero-order valence-corrected chi connectivity index (χ0v) is 22.8. The fourth-order valence-corrected chi connectivity index (χ4v) is 4.64. The topological polar surface area (TPSA) is 104 Å². The number of aromatic amines is 1. The van der Waals surface area contributed by atoms with Crippen molar-refractivity contribution in [1.82, 2.24) is 20.2 Å². The van der Waals surface area contributed by atoms with Crippen molar-refractivity contribution in [3.05, 3.63) is 75.8 Å². The van der Waals surface area contributed by atoms with Gasteiger partial charge < -0.3 is 15.0 Å². The Morgan fingerprint density at radius 3 is 2.42 bits per heavy atom. The molecule has 3 atom stereocenters. The highest BCUT2D eigenvalue weighted by Crippen LogP contribution is 2.37. The Kier molecular flexibility index (Phi) is 7.49. The lowest BCUT2D eigenvalue weighted by Gasteiger charge is -2.29. The highest BCUT2D eigenvalue weighted by Gasteiger charge is 2.46. The Bertz CT molecular complexity index is 1250. The van der Waals surface area contributed by atoms with Crippen molar-refractivity contribution in [2.24, 2.45) is 0 Å². The highest BCUT2D eigenvalue weighted by molar-refractivity contribution is 14.1. The Hall–Kier alpha value is -3.21. The van der Waals surface area contributed by atoms with E-state index in [1.165, 1.54) is 4.90 Å². The summed E-state index contributed by atoms with van der Waals surface area (Å²) in [6.07, 6.45) is 1.47. The average molecular weight is 600 g/mol. The van der Waals surface area contributed by atoms with Gasteiger partial charge in [0.15, 0.2) is 0 Å². The average Bonchev–Trinajstić information content (AvgIpc) is 3.40. The summed E-state index contributed by atoms with van der Waals surface area (Å²) in [5.74, 6) is -0.807. The van der Waals surface area contributed by atoms with Crippen molar-refractivity contribution in [3.8, 4) is 11.3 Å². The van der Waals surface area contributed by atoms with Crippen LogP contribution in [0.2, 0.25) is 0 Å².